The van der Waals surface area contributed by atoms with Gasteiger partial charge in [-0.1, -0.05) is 6.07 Å². The Morgan fingerprint density at radius 2 is 2.12 bits per heavy atom. The normalized spacial score (nSPS) is 10.8. The Morgan fingerprint density at radius 3 is 2.84 bits per heavy atom. The van der Waals surface area contributed by atoms with E-state index in [1.54, 1.807) is 6.07 Å². The number of aliphatic hydroxyl groups is 1. The highest BCUT2D eigenvalue weighted by atomic mass is 16.6. The number of anilines is 2. The molecule has 0 saturated heterocycles. The average molecular weight is 341 g/mol. The summed E-state index contributed by atoms with van der Waals surface area (Å²) in [5.74, 6) is 0. The molecule has 3 N–H and O–H groups in total. The second kappa shape index (κ2) is 7.18. The van der Waals surface area contributed by atoms with Crippen molar-refractivity contribution in [1.82, 2.24) is 9.38 Å². The number of pyridine rings is 1. The second-order valence-corrected chi connectivity index (χ2v) is 5.65. The van der Waals surface area contributed by atoms with Crippen molar-refractivity contribution in [2.24, 2.45) is 0 Å². The Hall–Kier alpha value is -3.13. The molecule has 3 aromatic rings. The Kier molecular flexibility index (Phi) is 4.80. The summed E-state index contributed by atoms with van der Waals surface area (Å²) in [6, 6.07) is 8.49. The average Bonchev–Trinajstić information content (AvgIpc) is 3.03. The number of imidazole rings is 1. The Labute approximate surface area is 144 Å². The quantitative estimate of drug-likeness (QED) is 0.451. The number of non-ortho nitro benzene ring substituents is 1. The van der Waals surface area contributed by atoms with Gasteiger partial charge in [-0.25, -0.2) is 4.98 Å². The van der Waals surface area contributed by atoms with Crippen LogP contribution in [0.15, 0.2) is 42.7 Å². The lowest BCUT2D eigenvalue weighted by molar-refractivity contribution is -0.384. The SMILES string of the molecule is Cc1cccn2cc(CNc3cc([N+](=O)[O-])ccc3NCCO)nc12. The van der Waals surface area contributed by atoms with E-state index in [-0.39, 0.29) is 12.3 Å². The van der Waals surface area contributed by atoms with E-state index in [9.17, 15) is 10.1 Å². The van der Waals surface area contributed by atoms with E-state index in [4.69, 9.17) is 5.11 Å². The molecule has 0 fully saturated rings. The van der Waals surface area contributed by atoms with E-state index in [0.717, 1.165) is 16.9 Å². The highest BCUT2D eigenvalue weighted by Crippen LogP contribution is 2.27. The predicted molar refractivity (Wildman–Crippen MR) is 95.9 cm³/mol. The molecule has 0 spiro atoms. The number of nitro groups is 1. The first-order valence-corrected chi connectivity index (χ1v) is 7.88. The second-order valence-electron chi connectivity index (χ2n) is 5.65. The zero-order valence-electron chi connectivity index (χ0n) is 13.8. The fourth-order valence-corrected chi connectivity index (χ4v) is 2.61. The maximum absolute atomic E-state index is 11.0. The molecule has 0 radical (unpaired) electrons. The molecule has 0 saturated carbocycles. The first-order chi connectivity index (χ1) is 12.1. The van der Waals surface area contributed by atoms with Gasteiger partial charge in [-0.2, -0.15) is 0 Å². The van der Waals surface area contributed by atoms with E-state index in [1.165, 1.54) is 12.1 Å². The van der Waals surface area contributed by atoms with E-state index in [2.05, 4.69) is 15.6 Å². The molecule has 0 aliphatic rings. The minimum absolute atomic E-state index is 0.00268. The monoisotopic (exact) mass is 341 g/mol. The summed E-state index contributed by atoms with van der Waals surface area (Å²) >= 11 is 0. The van der Waals surface area contributed by atoms with Crippen LogP contribution < -0.4 is 10.6 Å². The van der Waals surface area contributed by atoms with Crippen molar-refractivity contribution in [2.75, 3.05) is 23.8 Å². The number of nitro benzene ring substituents is 1. The van der Waals surface area contributed by atoms with Crippen LogP contribution in [-0.4, -0.2) is 32.6 Å². The summed E-state index contributed by atoms with van der Waals surface area (Å²) in [7, 11) is 0. The topological polar surface area (TPSA) is 105 Å². The predicted octanol–water partition coefficient (Wildman–Crippen LogP) is 2.57. The Balaban J connectivity index is 1.83. The van der Waals surface area contributed by atoms with Crippen molar-refractivity contribution in [2.45, 2.75) is 13.5 Å². The van der Waals surface area contributed by atoms with E-state index in [1.807, 2.05) is 35.9 Å². The molecule has 0 aliphatic carbocycles. The van der Waals surface area contributed by atoms with Gasteiger partial charge in [0.05, 0.1) is 35.1 Å². The lowest BCUT2D eigenvalue weighted by atomic mass is 10.2. The third-order valence-corrected chi connectivity index (χ3v) is 3.83. The van der Waals surface area contributed by atoms with Crippen molar-refractivity contribution < 1.29 is 10.0 Å². The van der Waals surface area contributed by atoms with Crippen LogP contribution in [0.5, 0.6) is 0 Å². The number of benzene rings is 1. The van der Waals surface area contributed by atoms with Crippen LogP contribution in [0.2, 0.25) is 0 Å². The standard InChI is InChI=1S/C17H19N5O3/c1-12-3-2-7-21-11-13(20-17(12)21)10-19-16-9-14(22(24)25)4-5-15(16)18-6-8-23/h2-5,7,9,11,18-19,23H,6,8,10H2,1H3. The summed E-state index contributed by atoms with van der Waals surface area (Å²) in [6.07, 6.45) is 3.86. The van der Waals surface area contributed by atoms with Gasteiger partial charge in [-0.05, 0) is 24.6 Å². The molecule has 2 aromatic heterocycles. The lowest BCUT2D eigenvalue weighted by Crippen LogP contribution is -2.09. The first kappa shape index (κ1) is 16.7. The highest BCUT2D eigenvalue weighted by molar-refractivity contribution is 5.72. The number of nitrogens with one attached hydrogen (secondary N) is 2. The molecule has 130 valence electrons. The summed E-state index contributed by atoms with van der Waals surface area (Å²) in [6.45, 7) is 2.76. The zero-order chi connectivity index (χ0) is 17.8. The Bertz CT molecular complexity index is 906. The molecule has 0 aliphatic heterocycles. The van der Waals surface area contributed by atoms with Crippen LogP contribution in [0.1, 0.15) is 11.3 Å². The van der Waals surface area contributed by atoms with Crippen LogP contribution in [-0.2, 0) is 6.54 Å². The van der Waals surface area contributed by atoms with Gasteiger partial charge in [0.25, 0.3) is 5.69 Å². The van der Waals surface area contributed by atoms with Gasteiger partial charge >= 0.3 is 0 Å². The smallest absolute Gasteiger partial charge is 0.271 e. The highest BCUT2D eigenvalue weighted by Gasteiger charge is 2.11. The van der Waals surface area contributed by atoms with Gasteiger partial charge in [0.1, 0.15) is 5.65 Å². The first-order valence-electron chi connectivity index (χ1n) is 7.88. The Morgan fingerprint density at radius 1 is 1.28 bits per heavy atom. The number of aliphatic hydroxyl groups excluding tert-OH is 1. The molecule has 0 amide bonds. The summed E-state index contributed by atoms with van der Waals surface area (Å²) in [5, 5.41) is 26.2. The molecular weight excluding hydrogens is 322 g/mol. The van der Waals surface area contributed by atoms with Crippen molar-refractivity contribution >= 4 is 22.7 Å². The summed E-state index contributed by atoms with van der Waals surface area (Å²) in [5.41, 5.74) is 4.08. The molecule has 2 heterocycles. The minimum atomic E-state index is -0.435. The molecule has 25 heavy (non-hydrogen) atoms. The largest absolute Gasteiger partial charge is 0.395 e. The third kappa shape index (κ3) is 3.69. The molecule has 8 heteroatoms. The number of fused-ring (bicyclic) bond motifs is 1. The number of hydrogen-bond acceptors (Lipinski definition) is 6. The third-order valence-electron chi connectivity index (χ3n) is 3.83. The minimum Gasteiger partial charge on any atom is -0.395 e. The molecule has 1 aromatic carbocycles. The van der Waals surface area contributed by atoms with Gasteiger partial charge in [0.2, 0.25) is 0 Å². The van der Waals surface area contributed by atoms with Gasteiger partial charge in [0.15, 0.2) is 0 Å². The van der Waals surface area contributed by atoms with Gasteiger partial charge in [-0.15, -0.1) is 0 Å². The van der Waals surface area contributed by atoms with Crippen molar-refractivity contribution in [3.05, 3.63) is 64.1 Å². The summed E-state index contributed by atoms with van der Waals surface area (Å²) < 4.78 is 1.95. The fraction of sp³-hybridized carbons (Fsp3) is 0.235. The number of nitrogens with zero attached hydrogens (tertiary/aromatic N) is 3. The number of rotatable bonds is 7. The zero-order valence-corrected chi connectivity index (χ0v) is 13.8. The molecule has 0 unspecified atom stereocenters. The number of aryl methyl sites for hydroxylation is 1. The maximum atomic E-state index is 11.0. The van der Waals surface area contributed by atoms with E-state index < -0.39 is 4.92 Å². The van der Waals surface area contributed by atoms with Gasteiger partial charge in [-0.3, -0.25) is 10.1 Å². The molecule has 3 rings (SSSR count). The van der Waals surface area contributed by atoms with Crippen LogP contribution >= 0.6 is 0 Å². The maximum Gasteiger partial charge on any atom is 0.271 e. The molecule has 0 atom stereocenters. The van der Waals surface area contributed by atoms with E-state index >= 15 is 0 Å². The van der Waals surface area contributed by atoms with Crippen LogP contribution in [0.4, 0.5) is 17.1 Å². The number of hydrogen-bond donors (Lipinski definition) is 3. The van der Waals surface area contributed by atoms with Crippen LogP contribution in [0.3, 0.4) is 0 Å². The van der Waals surface area contributed by atoms with Crippen LogP contribution in [0, 0.1) is 17.0 Å². The molecule has 0 bridgehead atoms. The summed E-state index contributed by atoms with van der Waals surface area (Å²) in [4.78, 5) is 15.2. The van der Waals surface area contributed by atoms with Gasteiger partial charge < -0.3 is 20.1 Å². The van der Waals surface area contributed by atoms with E-state index in [0.29, 0.717) is 24.5 Å². The lowest BCUT2D eigenvalue weighted by Gasteiger charge is -2.12. The molecular formula is C17H19N5O3. The van der Waals surface area contributed by atoms with Crippen molar-refractivity contribution in [3.8, 4) is 0 Å². The number of aromatic nitrogens is 2. The van der Waals surface area contributed by atoms with Crippen molar-refractivity contribution in [3.63, 3.8) is 0 Å². The van der Waals surface area contributed by atoms with Crippen molar-refractivity contribution in [1.29, 1.82) is 0 Å². The molecule has 8 nitrogen and oxygen atoms in total. The van der Waals surface area contributed by atoms with Crippen LogP contribution in [0.25, 0.3) is 5.65 Å². The fourth-order valence-electron chi connectivity index (χ4n) is 2.61. The van der Waals surface area contributed by atoms with Gasteiger partial charge in [0, 0.05) is 31.1 Å².